The Kier molecular flexibility index (Phi) is 5.28. The molecule has 4 aliphatic carbocycles. The SMILES string of the molecule is CCC(C)C(=O)OC12CC3CC(C1)CC(C(=O)OCC(F)(F)S(=O)(=O)[O-])(C3)C2. The number of carbonyl (C=O) groups excluding carboxylic acids is 2. The third-order valence-corrected chi connectivity index (χ3v) is 7.36. The molecule has 0 amide bonds. The zero-order chi connectivity index (χ0) is 21.0. The van der Waals surface area contributed by atoms with Crippen molar-refractivity contribution < 1.29 is 40.8 Å². The van der Waals surface area contributed by atoms with Gasteiger partial charge >= 0.3 is 17.2 Å². The molecule has 3 atom stereocenters. The highest BCUT2D eigenvalue weighted by molar-refractivity contribution is 7.86. The number of ether oxygens (including phenoxy) is 2. The molecule has 4 fully saturated rings. The van der Waals surface area contributed by atoms with Crippen molar-refractivity contribution >= 4 is 22.1 Å². The normalized spacial score (nSPS) is 35.5. The van der Waals surface area contributed by atoms with Crippen LogP contribution in [-0.4, -0.2) is 42.4 Å². The lowest BCUT2D eigenvalue weighted by molar-refractivity contribution is -0.216. The lowest BCUT2D eigenvalue weighted by Crippen LogP contribution is -2.60. The molecule has 4 bridgehead atoms. The highest BCUT2D eigenvalue weighted by atomic mass is 32.2. The van der Waals surface area contributed by atoms with Crippen molar-refractivity contribution in [2.45, 2.75) is 69.6 Å². The molecule has 0 saturated heterocycles. The summed E-state index contributed by atoms with van der Waals surface area (Å²) < 4.78 is 69.1. The first-order chi connectivity index (χ1) is 12.8. The third-order valence-electron chi connectivity index (χ3n) is 6.51. The maximum absolute atomic E-state index is 13.4. The Bertz CT molecular complexity index is 750. The minimum atomic E-state index is -5.92. The van der Waals surface area contributed by atoms with Crippen LogP contribution >= 0.6 is 0 Å². The fraction of sp³-hybridized carbons (Fsp3) is 0.889. The lowest BCUT2D eigenvalue weighted by Gasteiger charge is -2.59. The summed E-state index contributed by atoms with van der Waals surface area (Å²) in [4.78, 5) is 25.1. The van der Waals surface area contributed by atoms with Gasteiger partial charge in [-0.1, -0.05) is 13.8 Å². The summed E-state index contributed by atoms with van der Waals surface area (Å²) in [5.41, 5.74) is -1.89. The van der Waals surface area contributed by atoms with Gasteiger partial charge in [0.15, 0.2) is 16.7 Å². The van der Waals surface area contributed by atoms with Gasteiger partial charge in [-0.15, -0.1) is 0 Å². The van der Waals surface area contributed by atoms with Gasteiger partial charge in [-0.25, -0.2) is 8.42 Å². The van der Waals surface area contributed by atoms with Crippen LogP contribution in [0, 0.1) is 23.2 Å². The second-order valence-corrected chi connectivity index (χ2v) is 10.3. The second kappa shape index (κ2) is 6.90. The molecule has 0 aliphatic heterocycles. The van der Waals surface area contributed by atoms with Gasteiger partial charge in [-0.05, 0) is 50.4 Å². The van der Waals surface area contributed by atoms with Crippen LogP contribution < -0.4 is 0 Å². The van der Waals surface area contributed by atoms with Crippen molar-refractivity contribution in [3.8, 4) is 0 Å². The van der Waals surface area contributed by atoms with Crippen molar-refractivity contribution in [3.63, 3.8) is 0 Å². The van der Waals surface area contributed by atoms with E-state index in [2.05, 4.69) is 4.74 Å². The van der Waals surface area contributed by atoms with Crippen LogP contribution in [0.1, 0.15) is 58.8 Å². The predicted octanol–water partition coefficient (Wildman–Crippen LogP) is 2.60. The average molecular weight is 423 g/mol. The third kappa shape index (κ3) is 3.77. The summed E-state index contributed by atoms with van der Waals surface area (Å²) in [6, 6.07) is 0. The molecule has 28 heavy (non-hydrogen) atoms. The lowest BCUT2D eigenvalue weighted by atomic mass is 9.48. The number of halogens is 2. The number of rotatable bonds is 7. The van der Waals surface area contributed by atoms with Crippen LogP contribution in [0.5, 0.6) is 0 Å². The van der Waals surface area contributed by atoms with E-state index < -0.39 is 39.0 Å². The number of hydrogen-bond acceptors (Lipinski definition) is 7. The summed E-state index contributed by atoms with van der Waals surface area (Å²) in [5, 5.41) is -4.67. The Morgan fingerprint density at radius 1 is 1.21 bits per heavy atom. The number of alkyl halides is 2. The van der Waals surface area contributed by atoms with Crippen molar-refractivity contribution in [3.05, 3.63) is 0 Å². The maximum Gasteiger partial charge on any atom is 0.367 e. The smallest absolute Gasteiger partial charge is 0.367 e. The van der Waals surface area contributed by atoms with E-state index in [-0.39, 0.29) is 30.1 Å². The van der Waals surface area contributed by atoms with E-state index in [1.165, 1.54) is 0 Å². The van der Waals surface area contributed by atoms with E-state index >= 15 is 0 Å². The fourth-order valence-electron chi connectivity index (χ4n) is 5.39. The quantitative estimate of drug-likeness (QED) is 0.457. The predicted molar refractivity (Wildman–Crippen MR) is 91.0 cm³/mol. The number of hydrogen-bond donors (Lipinski definition) is 0. The molecule has 3 unspecified atom stereocenters. The average Bonchev–Trinajstić information content (AvgIpc) is 2.56. The zero-order valence-electron chi connectivity index (χ0n) is 15.9. The Morgan fingerprint density at radius 2 is 1.79 bits per heavy atom. The maximum atomic E-state index is 13.4. The Balaban J connectivity index is 1.76. The van der Waals surface area contributed by atoms with E-state index in [9.17, 15) is 31.3 Å². The molecule has 4 rings (SSSR count). The Labute approximate surface area is 162 Å². The first kappa shape index (κ1) is 21.4. The van der Waals surface area contributed by atoms with Gasteiger partial charge < -0.3 is 14.0 Å². The molecule has 0 radical (unpaired) electrons. The highest BCUT2D eigenvalue weighted by Crippen LogP contribution is 2.63. The molecule has 0 N–H and O–H groups in total. The van der Waals surface area contributed by atoms with Gasteiger partial charge in [0.25, 0.3) is 0 Å². The van der Waals surface area contributed by atoms with Crippen LogP contribution in [0.15, 0.2) is 0 Å². The first-order valence-electron chi connectivity index (χ1n) is 9.55. The van der Waals surface area contributed by atoms with E-state index in [1.807, 2.05) is 6.92 Å². The monoisotopic (exact) mass is 423 g/mol. The molecular weight excluding hydrogens is 398 g/mol. The van der Waals surface area contributed by atoms with E-state index in [0.717, 1.165) is 6.42 Å². The summed E-state index contributed by atoms with van der Waals surface area (Å²) in [6.07, 6.45) is 3.80. The van der Waals surface area contributed by atoms with Gasteiger partial charge in [-0.3, -0.25) is 9.59 Å². The molecule has 4 saturated carbocycles. The Morgan fingerprint density at radius 3 is 2.29 bits per heavy atom. The molecule has 0 aromatic carbocycles. The van der Waals surface area contributed by atoms with Crippen molar-refractivity contribution in [1.29, 1.82) is 0 Å². The van der Waals surface area contributed by atoms with Crippen LogP contribution in [0.25, 0.3) is 0 Å². The molecule has 160 valence electrons. The van der Waals surface area contributed by atoms with E-state index in [0.29, 0.717) is 32.1 Å². The largest absolute Gasteiger partial charge is 0.743 e. The highest BCUT2D eigenvalue weighted by Gasteiger charge is 2.63. The molecule has 0 spiro atoms. The van der Waals surface area contributed by atoms with Gasteiger partial charge in [0.1, 0.15) is 5.60 Å². The zero-order valence-corrected chi connectivity index (χ0v) is 16.7. The van der Waals surface area contributed by atoms with Crippen LogP contribution in [0.2, 0.25) is 0 Å². The van der Waals surface area contributed by atoms with E-state index in [4.69, 9.17) is 4.74 Å². The van der Waals surface area contributed by atoms with Crippen molar-refractivity contribution in [2.75, 3.05) is 6.61 Å². The minimum Gasteiger partial charge on any atom is -0.743 e. The Hall–Kier alpha value is -1.29. The molecule has 10 heteroatoms. The van der Waals surface area contributed by atoms with Gasteiger partial charge in [0.05, 0.1) is 11.3 Å². The summed E-state index contributed by atoms with van der Waals surface area (Å²) in [5.74, 6) is -1.33. The van der Waals surface area contributed by atoms with Gasteiger partial charge in [-0.2, -0.15) is 8.78 Å². The first-order valence-corrected chi connectivity index (χ1v) is 11.0. The molecule has 0 heterocycles. The molecule has 7 nitrogen and oxygen atoms in total. The molecular formula is C18H25F2O7S-. The second-order valence-electron chi connectivity index (χ2n) is 8.82. The summed E-state index contributed by atoms with van der Waals surface area (Å²) >= 11 is 0. The van der Waals surface area contributed by atoms with Crippen LogP contribution in [0.4, 0.5) is 8.78 Å². The van der Waals surface area contributed by atoms with Gasteiger partial charge in [0, 0.05) is 6.42 Å². The summed E-state index contributed by atoms with van der Waals surface area (Å²) in [6.45, 7) is 1.83. The van der Waals surface area contributed by atoms with E-state index in [1.54, 1.807) is 6.92 Å². The summed E-state index contributed by atoms with van der Waals surface area (Å²) in [7, 11) is -5.92. The standard InChI is InChI=1S/C18H26F2O7S/c1-3-11(2)14(21)27-17-7-12-4-13(8-17)6-16(5-12,9-17)15(22)26-10-18(19,20)28(23,24)25/h11-13H,3-10H2,1-2H3,(H,23,24,25)/p-1. The fourth-order valence-corrected chi connectivity index (χ4v) is 5.60. The molecule has 4 aliphatic rings. The minimum absolute atomic E-state index is 0.113. The van der Waals surface area contributed by atoms with Gasteiger partial charge in [0.2, 0.25) is 0 Å². The van der Waals surface area contributed by atoms with Crippen molar-refractivity contribution in [1.82, 2.24) is 0 Å². The van der Waals surface area contributed by atoms with Crippen molar-refractivity contribution in [2.24, 2.45) is 23.2 Å². The van der Waals surface area contributed by atoms with Crippen LogP contribution in [-0.2, 0) is 29.2 Å². The molecule has 0 aromatic rings. The van der Waals surface area contributed by atoms with Crippen LogP contribution in [0.3, 0.4) is 0 Å². The molecule has 0 aromatic heterocycles. The number of carbonyl (C=O) groups is 2. The number of esters is 2. The topological polar surface area (TPSA) is 110 Å².